The van der Waals surface area contributed by atoms with E-state index in [-0.39, 0.29) is 11.9 Å². The normalized spacial score (nSPS) is 25.6. The summed E-state index contributed by atoms with van der Waals surface area (Å²) >= 11 is 0. The second-order valence-electron chi connectivity index (χ2n) is 10.0. The van der Waals surface area contributed by atoms with Crippen molar-refractivity contribution in [3.63, 3.8) is 0 Å². The maximum atomic E-state index is 12.9. The van der Waals surface area contributed by atoms with Gasteiger partial charge in [0.2, 0.25) is 0 Å². The fraction of sp³-hybridized carbons (Fsp3) is 0.593. The Kier molecular flexibility index (Phi) is 6.13. The molecule has 0 saturated carbocycles. The molecular weight excluding hydrogens is 400 g/mol. The first-order valence-electron chi connectivity index (χ1n) is 12.4. The predicted octanol–water partition coefficient (Wildman–Crippen LogP) is 4.98. The number of rotatable bonds is 6. The maximum Gasteiger partial charge on any atom is 0.314 e. The van der Waals surface area contributed by atoms with Crippen LogP contribution in [0.3, 0.4) is 0 Å². The molecule has 0 spiro atoms. The number of hydrogen-bond acceptors (Lipinski definition) is 4. The number of carbonyl (C=O) groups excluding carboxylic acids is 1. The summed E-state index contributed by atoms with van der Waals surface area (Å²) in [5.74, 6) is -0.300. The van der Waals surface area contributed by atoms with E-state index in [1.54, 1.807) is 0 Å². The van der Waals surface area contributed by atoms with E-state index in [4.69, 9.17) is 9.47 Å². The van der Waals surface area contributed by atoms with Gasteiger partial charge in [-0.3, -0.25) is 9.69 Å². The molecule has 172 valence electrons. The van der Waals surface area contributed by atoms with Gasteiger partial charge in [-0.25, -0.2) is 0 Å². The Hall–Kier alpha value is -2.11. The average Bonchev–Trinajstić information content (AvgIpc) is 3.18. The first-order valence-corrected chi connectivity index (χ1v) is 12.4. The topological polar surface area (TPSA) is 43.7 Å². The number of ether oxygens (including phenoxy) is 2. The minimum atomic E-state index is -0.207. The molecule has 3 aliphatic rings. The van der Waals surface area contributed by atoms with E-state index >= 15 is 0 Å². The van der Waals surface area contributed by atoms with E-state index in [0.717, 1.165) is 38.8 Å². The Morgan fingerprint density at radius 3 is 2.94 bits per heavy atom. The van der Waals surface area contributed by atoms with Gasteiger partial charge < -0.3 is 14.0 Å². The summed E-state index contributed by atoms with van der Waals surface area (Å²) in [6.45, 7) is 6.55. The van der Waals surface area contributed by atoms with Crippen LogP contribution in [-0.4, -0.2) is 54.4 Å². The highest BCUT2D eigenvalue weighted by atomic mass is 16.5. The molecule has 1 fully saturated rings. The Morgan fingerprint density at radius 1 is 1.28 bits per heavy atom. The molecular formula is C27H36N2O3. The van der Waals surface area contributed by atoms with Crippen molar-refractivity contribution >= 4 is 22.4 Å². The average molecular weight is 437 g/mol. The van der Waals surface area contributed by atoms with Crippen LogP contribution in [0, 0.1) is 5.92 Å². The highest BCUT2D eigenvalue weighted by Gasteiger charge is 2.36. The van der Waals surface area contributed by atoms with Crippen molar-refractivity contribution in [1.82, 2.24) is 9.47 Å². The van der Waals surface area contributed by atoms with Crippen LogP contribution < -0.4 is 0 Å². The molecule has 3 heterocycles. The molecule has 1 saturated heterocycles. The van der Waals surface area contributed by atoms with Crippen molar-refractivity contribution < 1.29 is 14.3 Å². The van der Waals surface area contributed by atoms with Crippen LogP contribution in [0.15, 0.2) is 30.5 Å². The predicted molar refractivity (Wildman–Crippen MR) is 128 cm³/mol. The second kappa shape index (κ2) is 9.03. The molecule has 1 aliphatic carbocycles. The molecule has 1 aromatic heterocycles. The smallest absolute Gasteiger partial charge is 0.314 e. The molecule has 32 heavy (non-hydrogen) atoms. The van der Waals surface area contributed by atoms with Crippen LogP contribution in [-0.2, 0) is 20.7 Å². The van der Waals surface area contributed by atoms with Gasteiger partial charge in [-0.15, -0.1) is 0 Å². The highest BCUT2D eigenvalue weighted by molar-refractivity contribution is 5.99. The van der Waals surface area contributed by atoms with Gasteiger partial charge in [0.1, 0.15) is 0 Å². The van der Waals surface area contributed by atoms with E-state index in [1.165, 1.54) is 40.4 Å². The van der Waals surface area contributed by atoms with Crippen molar-refractivity contribution in [3.8, 4) is 0 Å². The zero-order valence-electron chi connectivity index (χ0n) is 19.7. The minimum absolute atomic E-state index is 0.0925. The van der Waals surface area contributed by atoms with Crippen LogP contribution in [0.2, 0.25) is 0 Å². The summed E-state index contributed by atoms with van der Waals surface area (Å²) < 4.78 is 13.9. The Labute approximate surface area is 191 Å². The van der Waals surface area contributed by atoms with E-state index < -0.39 is 0 Å². The quantitative estimate of drug-likeness (QED) is 0.473. The van der Waals surface area contributed by atoms with Gasteiger partial charge in [0, 0.05) is 42.3 Å². The number of benzene rings is 1. The molecule has 2 aromatic rings. The summed E-state index contributed by atoms with van der Waals surface area (Å²) in [5, 5.41) is 1.36. The molecule has 0 bridgehead atoms. The summed E-state index contributed by atoms with van der Waals surface area (Å²) in [5.41, 5.74) is 5.29. The Morgan fingerprint density at radius 2 is 2.16 bits per heavy atom. The van der Waals surface area contributed by atoms with Crippen LogP contribution in [0.25, 0.3) is 16.5 Å². The van der Waals surface area contributed by atoms with E-state index in [2.05, 4.69) is 60.8 Å². The SMILES string of the molecule is CC(C)n1cc2c3c(cccc31)C1=C[C@@H](C(=O)OCCCC3CCCCO3)CN(C)[C@@H]1C2. The Balaban J connectivity index is 1.32. The maximum absolute atomic E-state index is 12.9. The zero-order valence-corrected chi connectivity index (χ0v) is 19.7. The molecule has 1 unspecified atom stereocenters. The van der Waals surface area contributed by atoms with Gasteiger partial charge in [0.25, 0.3) is 0 Å². The van der Waals surface area contributed by atoms with E-state index in [0.29, 0.717) is 24.8 Å². The van der Waals surface area contributed by atoms with Crippen LogP contribution >= 0.6 is 0 Å². The largest absolute Gasteiger partial charge is 0.465 e. The third-order valence-corrected chi connectivity index (χ3v) is 7.47. The lowest BCUT2D eigenvalue weighted by atomic mass is 9.80. The van der Waals surface area contributed by atoms with Crippen LogP contribution in [0.4, 0.5) is 0 Å². The minimum Gasteiger partial charge on any atom is -0.465 e. The molecule has 1 aromatic carbocycles. The van der Waals surface area contributed by atoms with Gasteiger partial charge in [0.05, 0.1) is 18.6 Å². The molecule has 5 heteroatoms. The molecule has 2 aliphatic heterocycles. The number of likely N-dealkylation sites (N-methyl/N-ethyl adjacent to an activating group) is 1. The van der Waals surface area contributed by atoms with Crippen molar-refractivity contribution in [2.24, 2.45) is 5.92 Å². The number of carbonyl (C=O) groups is 1. The second-order valence-corrected chi connectivity index (χ2v) is 10.0. The fourth-order valence-corrected chi connectivity index (χ4v) is 5.78. The third kappa shape index (κ3) is 4.01. The lowest BCUT2D eigenvalue weighted by molar-refractivity contribution is -0.148. The van der Waals surface area contributed by atoms with Gasteiger partial charge in [-0.1, -0.05) is 18.2 Å². The van der Waals surface area contributed by atoms with Gasteiger partial charge >= 0.3 is 5.97 Å². The molecule has 0 amide bonds. The van der Waals surface area contributed by atoms with Crippen molar-refractivity contribution in [3.05, 3.63) is 41.6 Å². The zero-order chi connectivity index (χ0) is 22.2. The number of fused-ring (bicyclic) bond motifs is 2. The first kappa shape index (κ1) is 21.7. The lowest BCUT2D eigenvalue weighted by Gasteiger charge is -2.39. The van der Waals surface area contributed by atoms with E-state index in [1.807, 2.05) is 0 Å². The van der Waals surface area contributed by atoms with Crippen molar-refractivity contribution in [1.29, 1.82) is 0 Å². The third-order valence-electron chi connectivity index (χ3n) is 7.47. The lowest BCUT2D eigenvalue weighted by Crippen LogP contribution is -2.44. The first-order chi connectivity index (χ1) is 15.5. The molecule has 0 N–H and O–H groups in total. The highest BCUT2D eigenvalue weighted by Crippen LogP contribution is 2.42. The van der Waals surface area contributed by atoms with Gasteiger partial charge in [-0.2, -0.15) is 0 Å². The monoisotopic (exact) mass is 436 g/mol. The van der Waals surface area contributed by atoms with Crippen LogP contribution in [0.5, 0.6) is 0 Å². The van der Waals surface area contributed by atoms with E-state index in [9.17, 15) is 4.79 Å². The van der Waals surface area contributed by atoms with Crippen molar-refractivity contribution in [2.75, 3.05) is 26.8 Å². The number of aromatic nitrogens is 1. The number of hydrogen-bond donors (Lipinski definition) is 0. The molecule has 3 atom stereocenters. The summed E-state index contributed by atoms with van der Waals surface area (Å²) in [7, 11) is 2.14. The van der Waals surface area contributed by atoms with Gasteiger partial charge in [-0.05, 0) is 82.2 Å². The summed E-state index contributed by atoms with van der Waals surface area (Å²) in [4.78, 5) is 15.3. The van der Waals surface area contributed by atoms with Crippen LogP contribution in [0.1, 0.15) is 63.1 Å². The summed E-state index contributed by atoms with van der Waals surface area (Å²) in [6.07, 6.45) is 11.3. The molecule has 5 nitrogen and oxygen atoms in total. The standard InChI is InChI=1S/C27H36N2O3/c1-18(2)29-17-19-15-25-23(22-10-6-11-24(29)26(19)22)14-20(16-28(25)3)27(30)32-13-7-9-21-8-4-5-12-31-21/h6,10-11,14,17-18,20-21,25H,4-5,7-9,12-13,15-16H2,1-3H3/t20-,21?,25-/m1/s1. The molecule has 5 rings (SSSR count). The number of nitrogens with zero attached hydrogens (tertiary/aromatic N) is 2. The van der Waals surface area contributed by atoms with Gasteiger partial charge in [0.15, 0.2) is 0 Å². The Bertz CT molecular complexity index is 1020. The number of esters is 1. The van der Waals surface area contributed by atoms with Crippen molar-refractivity contribution in [2.45, 2.75) is 70.6 Å². The fourth-order valence-electron chi connectivity index (χ4n) is 5.78. The summed E-state index contributed by atoms with van der Waals surface area (Å²) in [6, 6.07) is 7.34. The molecule has 0 radical (unpaired) electrons.